The molecule has 98 valence electrons. The topological polar surface area (TPSA) is 50.8 Å². The van der Waals surface area contributed by atoms with E-state index in [1.165, 1.54) is 41.3 Å². The van der Waals surface area contributed by atoms with Crippen LogP contribution in [0.15, 0.2) is 42.5 Å². The van der Waals surface area contributed by atoms with Gasteiger partial charge in [-0.3, -0.25) is 4.90 Å². The molecule has 0 fully saturated rings. The molecule has 2 aromatic carbocycles. The first-order chi connectivity index (χ1) is 9.63. The number of anilines is 1. The molecule has 0 aliphatic carbocycles. The van der Waals surface area contributed by atoms with Crippen molar-refractivity contribution in [3.05, 3.63) is 65.2 Å². The van der Waals surface area contributed by atoms with Crippen molar-refractivity contribution in [1.29, 1.82) is 10.5 Å². The molecule has 0 amide bonds. The summed E-state index contributed by atoms with van der Waals surface area (Å²) in [6, 6.07) is 11.3. The fourth-order valence-corrected chi connectivity index (χ4v) is 1.72. The fourth-order valence-electron chi connectivity index (χ4n) is 1.72. The number of halogens is 2. The summed E-state index contributed by atoms with van der Waals surface area (Å²) in [6.45, 7) is 0.0136. The van der Waals surface area contributed by atoms with Gasteiger partial charge in [-0.05, 0) is 36.4 Å². The maximum atomic E-state index is 13.8. The Balaban J connectivity index is 2.25. The van der Waals surface area contributed by atoms with Crippen LogP contribution in [0.3, 0.4) is 0 Å². The van der Waals surface area contributed by atoms with Crippen molar-refractivity contribution in [3.8, 4) is 12.3 Å². The quantitative estimate of drug-likeness (QED) is 0.634. The molecular weight excluding hydrogens is 260 g/mol. The predicted molar refractivity (Wildman–Crippen MR) is 69.3 cm³/mol. The Bertz CT molecular complexity index is 697. The zero-order chi connectivity index (χ0) is 14.5. The van der Waals surface area contributed by atoms with Gasteiger partial charge in [0.25, 0.3) is 0 Å². The summed E-state index contributed by atoms with van der Waals surface area (Å²) in [5, 5.41) is 17.8. The van der Waals surface area contributed by atoms with Gasteiger partial charge in [0.1, 0.15) is 11.6 Å². The second-order valence-corrected chi connectivity index (χ2v) is 4.08. The first kappa shape index (κ1) is 13.5. The smallest absolute Gasteiger partial charge is 0.184 e. The Kier molecular flexibility index (Phi) is 3.93. The van der Waals surface area contributed by atoms with Crippen molar-refractivity contribution >= 4 is 5.69 Å². The zero-order valence-corrected chi connectivity index (χ0v) is 10.3. The lowest BCUT2D eigenvalue weighted by atomic mass is 10.1. The molecule has 2 aromatic rings. The Morgan fingerprint density at radius 3 is 2.25 bits per heavy atom. The van der Waals surface area contributed by atoms with Gasteiger partial charge in [0.15, 0.2) is 6.19 Å². The monoisotopic (exact) mass is 269 g/mol. The Hall–Kier alpha value is -2.92. The highest BCUT2D eigenvalue weighted by Crippen LogP contribution is 2.19. The van der Waals surface area contributed by atoms with Gasteiger partial charge in [-0.15, -0.1) is 0 Å². The molecule has 0 spiro atoms. The standard InChI is InChI=1S/C15H9F2N3/c16-13-3-5-14(6-4-13)20(10-19)9-12-2-1-11(8-18)7-15(12)17/h1-7H,9H2. The largest absolute Gasteiger partial charge is 0.275 e. The molecular formula is C15H9F2N3. The van der Waals surface area contributed by atoms with Gasteiger partial charge < -0.3 is 0 Å². The lowest BCUT2D eigenvalue weighted by Gasteiger charge is -2.16. The van der Waals surface area contributed by atoms with Gasteiger partial charge in [-0.2, -0.15) is 10.5 Å². The molecule has 0 heterocycles. The third kappa shape index (κ3) is 2.90. The Labute approximate surface area is 114 Å². The van der Waals surface area contributed by atoms with Crippen molar-refractivity contribution < 1.29 is 8.78 Å². The second-order valence-electron chi connectivity index (χ2n) is 4.08. The van der Waals surface area contributed by atoms with E-state index in [-0.39, 0.29) is 17.7 Å². The van der Waals surface area contributed by atoms with Crippen LogP contribution >= 0.6 is 0 Å². The van der Waals surface area contributed by atoms with E-state index in [1.807, 2.05) is 12.3 Å². The van der Waals surface area contributed by atoms with E-state index in [2.05, 4.69) is 0 Å². The molecule has 3 nitrogen and oxygen atoms in total. The van der Waals surface area contributed by atoms with Crippen LogP contribution in [0.2, 0.25) is 0 Å². The van der Waals surface area contributed by atoms with E-state index in [9.17, 15) is 8.78 Å². The molecule has 0 saturated heterocycles. The highest BCUT2D eigenvalue weighted by molar-refractivity contribution is 5.51. The average molecular weight is 269 g/mol. The molecule has 0 N–H and O–H groups in total. The number of rotatable bonds is 3. The summed E-state index contributed by atoms with van der Waals surface area (Å²) < 4.78 is 26.6. The summed E-state index contributed by atoms with van der Waals surface area (Å²) >= 11 is 0. The molecule has 0 aromatic heterocycles. The zero-order valence-electron chi connectivity index (χ0n) is 10.3. The summed E-state index contributed by atoms with van der Waals surface area (Å²) in [7, 11) is 0. The van der Waals surface area contributed by atoms with E-state index in [0.29, 0.717) is 5.69 Å². The molecule has 5 heteroatoms. The van der Waals surface area contributed by atoms with E-state index in [1.54, 1.807) is 0 Å². The Morgan fingerprint density at radius 1 is 1.00 bits per heavy atom. The van der Waals surface area contributed by atoms with Crippen molar-refractivity contribution in [2.24, 2.45) is 0 Å². The van der Waals surface area contributed by atoms with Crippen molar-refractivity contribution in [3.63, 3.8) is 0 Å². The maximum absolute atomic E-state index is 13.8. The van der Waals surface area contributed by atoms with Crippen LogP contribution in [0.5, 0.6) is 0 Å². The molecule has 0 saturated carbocycles. The number of hydrogen-bond acceptors (Lipinski definition) is 3. The van der Waals surface area contributed by atoms with Crippen LogP contribution in [0.4, 0.5) is 14.5 Å². The highest BCUT2D eigenvalue weighted by atomic mass is 19.1. The van der Waals surface area contributed by atoms with E-state index < -0.39 is 11.6 Å². The summed E-state index contributed by atoms with van der Waals surface area (Å²) in [4.78, 5) is 1.24. The lowest BCUT2D eigenvalue weighted by Crippen LogP contribution is -2.16. The fraction of sp³-hybridized carbons (Fsp3) is 0.0667. The van der Waals surface area contributed by atoms with Crippen LogP contribution in [0.1, 0.15) is 11.1 Å². The number of hydrogen-bond donors (Lipinski definition) is 0. The van der Waals surface area contributed by atoms with Crippen LogP contribution in [-0.4, -0.2) is 0 Å². The maximum Gasteiger partial charge on any atom is 0.184 e. The molecule has 0 radical (unpaired) electrons. The van der Waals surface area contributed by atoms with Gasteiger partial charge in [0.2, 0.25) is 0 Å². The van der Waals surface area contributed by atoms with Gasteiger partial charge in [0, 0.05) is 5.56 Å². The second kappa shape index (κ2) is 5.81. The molecule has 0 aliphatic rings. The summed E-state index contributed by atoms with van der Waals surface area (Å²) in [5.74, 6) is -0.956. The third-order valence-electron chi connectivity index (χ3n) is 2.77. The van der Waals surface area contributed by atoms with Crippen LogP contribution in [0, 0.1) is 34.4 Å². The predicted octanol–water partition coefficient (Wildman–Crippen LogP) is 3.32. The van der Waals surface area contributed by atoms with Crippen molar-refractivity contribution in [2.45, 2.75) is 6.54 Å². The van der Waals surface area contributed by atoms with Gasteiger partial charge in [0.05, 0.1) is 23.9 Å². The van der Waals surface area contributed by atoms with Gasteiger partial charge >= 0.3 is 0 Å². The van der Waals surface area contributed by atoms with Crippen molar-refractivity contribution in [1.82, 2.24) is 0 Å². The van der Waals surface area contributed by atoms with Crippen molar-refractivity contribution in [2.75, 3.05) is 4.90 Å². The number of nitriles is 2. The van der Waals surface area contributed by atoms with E-state index in [0.717, 1.165) is 6.07 Å². The minimum atomic E-state index is -0.550. The minimum absolute atomic E-state index is 0.0136. The summed E-state index contributed by atoms with van der Waals surface area (Å²) in [6.07, 6.45) is 1.92. The highest BCUT2D eigenvalue weighted by Gasteiger charge is 2.10. The molecule has 0 aliphatic heterocycles. The average Bonchev–Trinajstić information content (AvgIpc) is 2.47. The van der Waals surface area contributed by atoms with Crippen LogP contribution < -0.4 is 4.90 Å². The van der Waals surface area contributed by atoms with Crippen LogP contribution in [0.25, 0.3) is 0 Å². The minimum Gasteiger partial charge on any atom is -0.275 e. The first-order valence-electron chi connectivity index (χ1n) is 5.75. The van der Waals surface area contributed by atoms with Gasteiger partial charge in [-0.1, -0.05) is 6.07 Å². The van der Waals surface area contributed by atoms with Crippen LogP contribution in [-0.2, 0) is 6.54 Å². The Morgan fingerprint density at radius 2 is 1.70 bits per heavy atom. The summed E-state index contributed by atoms with van der Waals surface area (Å²) in [5.41, 5.74) is 0.976. The molecule has 0 bridgehead atoms. The molecule has 0 atom stereocenters. The molecule has 2 rings (SSSR count). The molecule has 20 heavy (non-hydrogen) atoms. The third-order valence-corrected chi connectivity index (χ3v) is 2.77. The lowest BCUT2D eigenvalue weighted by molar-refractivity contribution is 0.608. The number of nitrogens with zero attached hydrogens (tertiary/aromatic N) is 3. The SMILES string of the molecule is N#Cc1ccc(CN(C#N)c2ccc(F)cc2)c(F)c1. The van der Waals surface area contributed by atoms with E-state index in [4.69, 9.17) is 10.5 Å². The first-order valence-corrected chi connectivity index (χ1v) is 5.75. The van der Waals surface area contributed by atoms with E-state index >= 15 is 0 Å². The van der Waals surface area contributed by atoms with Gasteiger partial charge in [-0.25, -0.2) is 8.78 Å². The normalized spacial score (nSPS) is 9.60. The molecule has 0 unspecified atom stereocenters. The number of benzene rings is 2.